The second-order valence-electron chi connectivity index (χ2n) is 2.83. The van der Waals surface area contributed by atoms with Gasteiger partial charge in [-0.2, -0.15) is 0 Å². The second-order valence-corrected chi connectivity index (χ2v) is 2.83. The molecule has 0 saturated heterocycles. The summed E-state index contributed by atoms with van der Waals surface area (Å²) in [5, 5.41) is 18.3. The Balaban J connectivity index is 3.52. The lowest BCUT2D eigenvalue weighted by molar-refractivity contribution is -0.0618. The van der Waals surface area contributed by atoms with Crippen molar-refractivity contribution in [2.24, 2.45) is 5.90 Å². The fourth-order valence-corrected chi connectivity index (χ4v) is 0.533. The molecule has 0 rings (SSSR count). The zero-order valence-electron chi connectivity index (χ0n) is 6.37. The topological polar surface area (TPSA) is 75.7 Å². The summed E-state index contributed by atoms with van der Waals surface area (Å²) in [7, 11) is 0. The monoisotopic (exact) mass is 149 g/mol. The van der Waals surface area contributed by atoms with Crippen molar-refractivity contribution in [2.75, 3.05) is 6.61 Å². The van der Waals surface area contributed by atoms with E-state index in [1.54, 1.807) is 0 Å². The number of hydrogen-bond donors (Lipinski definition) is 3. The standard InChI is InChI=1S/C6H15NO3/c1-6(2,9)5(8)3-4-10-7/h5,8-9H,3-4,7H2,1-2H3. The third-order valence-corrected chi connectivity index (χ3v) is 1.32. The van der Waals surface area contributed by atoms with Crippen LogP contribution in [0.1, 0.15) is 20.3 Å². The van der Waals surface area contributed by atoms with Gasteiger partial charge < -0.3 is 15.1 Å². The molecule has 4 N–H and O–H groups in total. The van der Waals surface area contributed by atoms with Gasteiger partial charge in [0.25, 0.3) is 0 Å². The van der Waals surface area contributed by atoms with Gasteiger partial charge in [0.15, 0.2) is 0 Å². The molecule has 10 heavy (non-hydrogen) atoms. The molecule has 4 heteroatoms. The third kappa shape index (κ3) is 3.79. The van der Waals surface area contributed by atoms with Crippen LogP contribution in [-0.2, 0) is 4.84 Å². The molecule has 0 aromatic carbocycles. The smallest absolute Gasteiger partial charge is 0.0850 e. The van der Waals surface area contributed by atoms with E-state index in [-0.39, 0.29) is 6.61 Å². The predicted octanol–water partition coefficient (Wildman–Crippen LogP) is -0.601. The molecule has 0 aliphatic heterocycles. The van der Waals surface area contributed by atoms with Crippen molar-refractivity contribution in [3.05, 3.63) is 0 Å². The van der Waals surface area contributed by atoms with Gasteiger partial charge >= 0.3 is 0 Å². The molecule has 0 bridgehead atoms. The highest BCUT2D eigenvalue weighted by Crippen LogP contribution is 2.10. The summed E-state index contributed by atoms with van der Waals surface area (Å²) in [6.07, 6.45) is -0.434. The van der Waals surface area contributed by atoms with Crippen molar-refractivity contribution >= 4 is 0 Å². The Morgan fingerprint density at radius 2 is 2.10 bits per heavy atom. The maximum atomic E-state index is 9.17. The van der Waals surface area contributed by atoms with Crippen molar-refractivity contribution in [1.29, 1.82) is 0 Å². The maximum absolute atomic E-state index is 9.17. The molecule has 0 amide bonds. The van der Waals surface area contributed by atoms with Gasteiger partial charge in [0.1, 0.15) is 0 Å². The lowest BCUT2D eigenvalue weighted by Crippen LogP contribution is -2.36. The normalized spacial score (nSPS) is 15.3. The first kappa shape index (κ1) is 9.84. The number of nitrogens with two attached hydrogens (primary N) is 1. The largest absolute Gasteiger partial charge is 0.390 e. The molecule has 0 fully saturated rings. The fourth-order valence-electron chi connectivity index (χ4n) is 0.533. The number of rotatable bonds is 4. The van der Waals surface area contributed by atoms with E-state index in [1.165, 1.54) is 13.8 Å². The van der Waals surface area contributed by atoms with Crippen molar-refractivity contribution in [1.82, 2.24) is 0 Å². The van der Waals surface area contributed by atoms with E-state index in [1.807, 2.05) is 0 Å². The van der Waals surface area contributed by atoms with Gasteiger partial charge in [0.05, 0.1) is 18.3 Å². The Kier molecular flexibility index (Phi) is 3.81. The molecule has 0 aromatic rings. The van der Waals surface area contributed by atoms with Gasteiger partial charge in [-0.05, 0) is 13.8 Å². The summed E-state index contributed by atoms with van der Waals surface area (Å²) in [4.78, 5) is 4.24. The summed E-state index contributed by atoms with van der Waals surface area (Å²) in [6.45, 7) is 3.33. The quantitative estimate of drug-likeness (QED) is 0.466. The SMILES string of the molecule is CC(C)(O)C(O)CCON. The van der Waals surface area contributed by atoms with Gasteiger partial charge in [-0.1, -0.05) is 0 Å². The van der Waals surface area contributed by atoms with E-state index in [0.717, 1.165) is 0 Å². The zero-order valence-corrected chi connectivity index (χ0v) is 6.37. The minimum atomic E-state index is -1.07. The molecule has 0 saturated carbocycles. The average Bonchev–Trinajstić information content (AvgIpc) is 1.80. The van der Waals surface area contributed by atoms with Crippen LogP contribution in [0.2, 0.25) is 0 Å². The Bertz CT molecular complexity index is 89.5. The van der Waals surface area contributed by atoms with E-state index in [9.17, 15) is 0 Å². The minimum Gasteiger partial charge on any atom is -0.390 e. The van der Waals surface area contributed by atoms with Crippen LogP contribution >= 0.6 is 0 Å². The first-order chi connectivity index (χ1) is 4.48. The molecule has 1 atom stereocenters. The summed E-state index contributed by atoms with van der Waals surface area (Å²) >= 11 is 0. The van der Waals surface area contributed by atoms with Crippen LogP contribution in [0.25, 0.3) is 0 Å². The van der Waals surface area contributed by atoms with E-state index < -0.39 is 11.7 Å². The predicted molar refractivity (Wildman–Crippen MR) is 37.1 cm³/mol. The van der Waals surface area contributed by atoms with Crippen LogP contribution in [0, 0.1) is 0 Å². The summed E-state index contributed by atoms with van der Waals surface area (Å²) in [5.41, 5.74) is -1.07. The molecule has 0 aromatic heterocycles. The Labute approximate surface area is 60.6 Å². The number of aliphatic hydroxyl groups is 2. The molecular formula is C6H15NO3. The molecule has 0 radical (unpaired) electrons. The average molecular weight is 149 g/mol. The fraction of sp³-hybridized carbons (Fsp3) is 1.00. The highest BCUT2D eigenvalue weighted by molar-refractivity contribution is 4.75. The van der Waals surface area contributed by atoms with Crippen LogP contribution < -0.4 is 5.90 Å². The maximum Gasteiger partial charge on any atom is 0.0850 e. The van der Waals surface area contributed by atoms with Crippen LogP contribution in [0.5, 0.6) is 0 Å². The zero-order chi connectivity index (χ0) is 8.20. The van der Waals surface area contributed by atoms with Gasteiger partial charge in [-0.3, -0.25) is 0 Å². The summed E-state index contributed by atoms with van der Waals surface area (Å²) < 4.78 is 0. The molecule has 0 aliphatic carbocycles. The van der Waals surface area contributed by atoms with E-state index in [2.05, 4.69) is 4.84 Å². The first-order valence-corrected chi connectivity index (χ1v) is 3.20. The third-order valence-electron chi connectivity index (χ3n) is 1.32. The van der Waals surface area contributed by atoms with Crippen LogP contribution in [0.15, 0.2) is 0 Å². The Hall–Kier alpha value is -0.160. The first-order valence-electron chi connectivity index (χ1n) is 3.20. The van der Waals surface area contributed by atoms with Gasteiger partial charge in [-0.25, -0.2) is 5.90 Å². The van der Waals surface area contributed by atoms with E-state index in [4.69, 9.17) is 16.1 Å². The van der Waals surface area contributed by atoms with E-state index >= 15 is 0 Å². The van der Waals surface area contributed by atoms with Crippen LogP contribution in [-0.4, -0.2) is 28.5 Å². The number of hydrogen-bond acceptors (Lipinski definition) is 4. The Morgan fingerprint density at radius 1 is 1.60 bits per heavy atom. The minimum absolute atomic E-state index is 0.255. The second kappa shape index (κ2) is 3.88. The van der Waals surface area contributed by atoms with Crippen LogP contribution in [0.3, 0.4) is 0 Å². The van der Waals surface area contributed by atoms with Gasteiger partial charge in [0, 0.05) is 6.42 Å². The van der Waals surface area contributed by atoms with E-state index in [0.29, 0.717) is 6.42 Å². The van der Waals surface area contributed by atoms with Gasteiger partial charge in [-0.15, -0.1) is 0 Å². The van der Waals surface area contributed by atoms with Crippen molar-refractivity contribution in [3.63, 3.8) is 0 Å². The molecule has 0 spiro atoms. The highest BCUT2D eigenvalue weighted by atomic mass is 16.6. The molecule has 1 unspecified atom stereocenters. The molecule has 4 nitrogen and oxygen atoms in total. The summed E-state index contributed by atoms with van der Waals surface area (Å²) in [6, 6.07) is 0. The molecular weight excluding hydrogens is 134 g/mol. The molecule has 0 aliphatic rings. The van der Waals surface area contributed by atoms with Crippen molar-refractivity contribution in [2.45, 2.75) is 32.0 Å². The Morgan fingerprint density at radius 3 is 2.40 bits per heavy atom. The van der Waals surface area contributed by atoms with Gasteiger partial charge in [0.2, 0.25) is 0 Å². The van der Waals surface area contributed by atoms with Crippen molar-refractivity contribution in [3.8, 4) is 0 Å². The molecule has 62 valence electrons. The summed E-state index contributed by atoms with van der Waals surface area (Å²) in [5.74, 6) is 4.73. The number of aliphatic hydroxyl groups excluding tert-OH is 1. The lowest BCUT2D eigenvalue weighted by atomic mass is 10.00. The van der Waals surface area contributed by atoms with Crippen molar-refractivity contribution < 1.29 is 15.1 Å². The van der Waals surface area contributed by atoms with Crippen LogP contribution in [0.4, 0.5) is 0 Å². The molecule has 0 heterocycles. The lowest BCUT2D eigenvalue weighted by Gasteiger charge is -2.23. The highest BCUT2D eigenvalue weighted by Gasteiger charge is 2.23.